The monoisotopic (exact) mass is 381 g/mol. The van der Waals surface area contributed by atoms with Crippen molar-refractivity contribution in [3.8, 4) is 0 Å². The Bertz CT molecular complexity index is 621. The second kappa shape index (κ2) is 10.7. The van der Waals surface area contributed by atoms with E-state index < -0.39 is 0 Å². The fraction of sp³-hybridized carbons (Fsp3) is 0.400. The first-order chi connectivity index (χ1) is 11.2. The Kier molecular flexibility index (Phi) is 9.30. The van der Waals surface area contributed by atoms with Crippen LogP contribution in [0.3, 0.4) is 0 Å². The van der Waals surface area contributed by atoms with Crippen LogP contribution in [0.2, 0.25) is 0 Å². The number of nitrogens with two attached hydrogens (primary N) is 1. The van der Waals surface area contributed by atoms with Crippen LogP contribution in [-0.4, -0.2) is 35.5 Å². The molecule has 1 aliphatic rings. The average Bonchev–Trinajstić information content (AvgIpc) is 2.72. The van der Waals surface area contributed by atoms with Gasteiger partial charge in [0.1, 0.15) is 0 Å². The van der Waals surface area contributed by atoms with Gasteiger partial charge in [-0.3, -0.25) is 9.80 Å². The van der Waals surface area contributed by atoms with Crippen molar-refractivity contribution in [1.29, 1.82) is 0 Å². The molecule has 0 bridgehead atoms. The number of rotatable bonds is 4. The van der Waals surface area contributed by atoms with Gasteiger partial charge in [-0.1, -0.05) is 42.5 Å². The van der Waals surface area contributed by atoms with Gasteiger partial charge in [0.15, 0.2) is 0 Å². The molecule has 1 aliphatic heterocycles. The molecule has 1 heterocycles. The van der Waals surface area contributed by atoms with E-state index in [1.54, 1.807) is 0 Å². The van der Waals surface area contributed by atoms with E-state index >= 15 is 0 Å². The first kappa shape index (κ1) is 21.8. The molecule has 1 fully saturated rings. The molecule has 3 nitrogen and oxygen atoms in total. The number of halogens is 2. The predicted molar refractivity (Wildman–Crippen MR) is 112 cm³/mol. The Morgan fingerprint density at radius 2 is 1.60 bits per heavy atom. The summed E-state index contributed by atoms with van der Waals surface area (Å²) in [6.07, 6.45) is 1.22. The molecule has 0 amide bonds. The largest absolute Gasteiger partial charge is 0.399 e. The lowest BCUT2D eigenvalue weighted by Gasteiger charge is -2.26. The minimum absolute atomic E-state index is 0. The smallest absolute Gasteiger partial charge is 0.0317 e. The van der Waals surface area contributed by atoms with E-state index in [1.807, 2.05) is 12.1 Å². The van der Waals surface area contributed by atoms with Crippen LogP contribution >= 0.6 is 24.8 Å². The molecule has 3 rings (SSSR count). The predicted octanol–water partition coefficient (Wildman–Crippen LogP) is 4.21. The Hall–Kier alpha value is -1.26. The average molecular weight is 382 g/mol. The van der Waals surface area contributed by atoms with Crippen LogP contribution in [0.5, 0.6) is 0 Å². The van der Waals surface area contributed by atoms with Gasteiger partial charge in [-0.15, -0.1) is 24.8 Å². The van der Waals surface area contributed by atoms with Crippen molar-refractivity contribution in [1.82, 2.24) is 9.80 Å². The van der Waals surface area contributed by atoms with Crippen molar-refractivity contribution in [2.24, 2.45) is 0 Å². The van der Waals surface area contributed by atoms with E-state index in [2.05, 4.69) is 59.2 Å². The van der Waals surface area contributed by atoms with Gasteiger partial charge < -0.3 is 5.73 Å². The topological polar surface area (TPSA) is 32.5 Å². The Labute approximate surface area is 164 Å². The highest BCUT2D eigenvalue weighted by atomic mass is 35.5. The summed E-state index contributed by atoms with van der Waals surface area (Å²) in [6.45, 7) is 7.80. The first-order valence-electron chi connectivity index (χ1n) is 8.55. The van der Waals surface area contributed by atoms with Crippen molar-refractivity contribution < 1.29 is 0 Å². The van der Waals surface area contributed by atoms with E-state index in [4.69, 9.17) is 5.73 Å². The molecule has 0 aliphatic carbocycles. The molecule has 2 aromatic rings. The number of hydrogen-bond donors (Lipinski definition) is 1. The Balaban J connectivity index is 0.00000156. The quantitative estimate of drug-likeness (QED) is 0.804. The minimum Gasteiger partial charge on any atom is -0.399 e. The molecule has 5 heteroatoms. The fourth-order valence-corrected chi connectivity index (χ4v) is 3.31. The molecule has 0 aromatic heterocycles. The molecule has 0 saturated carbocycles. The van der Waals surface area contributed by atoms with Gasteiger partial charge in [0.05, 0.1) is 0 Å². The summed E-state index contributed by atoms with van der Waals surface area (Å²) < 4.78 is 0. The third-order valence-corrected chi connectivity index (χ3v) is 4.78. The van der Waals surface area contributed by atoms with Crippen molar-refractivity contribution in [3.63, 3.8) is 0 Å². The molecule has 25 heavy (non-hydrogen) atoms. The van der Waals surface area contributed by atoms with Crippen LogP contribution in [0.25, 0.3) is 0 Å². The summed E-state index contributed by atoms with van der Waals surface area (Å²) in [5.74, 6) is 0. The Morgan fingerprint density at radius 1 is 0.880 bits per heavy atom. The summed E-state index contributed by atoms with van der Waals surface area (Å²) in [5.41, 5.74) is 9.48. The van der Waals surface area contributed by atoms with Crippen LogP contribution in [0.15, 0.2) is 54.6 Å². The van der Waals surface area contributed by atoms with Gasteiger partial charge >= 0.3 is 0 Å². The number of anilines is 1. The van der Waals surface area contributed by atoms with E-state index in [1.165, 1.54) is 17.5 Å². The lowest BCUT2D eigenvalue weighted by atomic mass is 10.1. The van der Waals surface area contributed by atoms with Gasteiger partial charge in [-0.2, -0.15) is 0 Å². The van der Waals surface area contributed by atoms with Crippen LogP contribution < -0.4 is 5.73 Å². The van der Waals surface area contributed by atoms with Gasteiger partial charge in [0, 0.05) is 44.5 Å². The highest BCUT2D eigenvalue weighted by molar-refractivity contribution is 5.85. The summed E-state index contributed by atoms with van der Waals surface area (Å²) >= 11 is 0. The first-order valence-corrected chi connectivity index (χ1v) is 8.55. The lowest BCUT2D eigenvalue weighted by molar-refractivity contribution is 0.205. The van der Waals surface area contributed by atoms with E-state index in [0.29, 0.717) is 6.04 Å². The number of hydrogen-bond acceptors (Lipinski definition) is 3. The molecule has 0 radical (unpaired) electrons. The summed E-state index contributed by atoms with van der Waals surface area (Å²) in [4.78, 5) is 5.16. The number of nitrogens with zero attached hydrogens (tertiary/aromatic N) is 2. The summed E-state index contributed by atoms with van der Waals surface area (Å²) in [7, 11) is 0. The molecule has 0 spiro atoms. The van der Waals surface area contributed by atoms with Crippen LogP contribution in [-0.2, 0) is 13.1 Å². The second-order valence-electron chi connectivity index (χ2n) is 6.61. The van der Waals surface area contributed by atoms with Gasteiger partial charge in [-0.25, -0.2) is 0 Å². The molecular formula is C20H29Cl2N3. The summed E-state index contributed by atoms with van der Waals surface area (Å²) in [6, 6.07) is 19.7. The third-order valence-electron chi connectivity index (χ3n) is 4.78. The van der Waals surface area contributed by atoms with E-state index in [0.717, 1.165) is 38.4 Å². The number of nitrogen functional groups attached to an aromatic ring is 1. The zero-order valence-electron chi connectivity index (χ0n) is 14.8. The fourth-order valence-electron chi connectivity index (χ4n) is 3.31. The lowest BCUT2D eigenvalue weighted by Crippen LogP contribution is -2.34. The number of benzene rings is 2. The Morgan fingerprint density at radius 3 is 2.32 bits per heavy atom. The van der Waals surface area contributed by atoms with Gasteiger partial charge in [0.2, 0.25) is 0 Å². The zero-order chi connectivity index (χ0) is 16.1. The maximum Gasteiger partial charge on any atom is 0.0317 e. The normalized spacial score (nSPS) is 18.7. The highest BCUT2D eigenvalue weighted by Crippen LogP contribution is 2.17. The second-order valence-corrected chi connectivity index (χ2v) is 6.61. The zero-order valence-corrected chi connectivity index (χ0v) is 16.4. The van der Waals surface area contributed by atoms with Gasteiger partial charge in [0.25, 0.3) is 0 Å². The van der Waals surface area contributed by atoms with E-state index in [9.17, 15) is 0 Å². The van der Waals surface area contributed by atoms with Crippen LogP contribution in [0.1, 0.15) is 24.5 Å². The van der Waals surface area contributed by atoms with Crippen LogP contribution in [0.4, 0.5) is 5.69 Å². The molecule has 1 unspecified atom stereocenters. The van der Waals surface area contributed by atoms with Crippen molar-refractivity contribution in [2.45, 2.75) is 32.5 Å². The third kappa shape index (κ3) is 6.52. The van der Waals surface area contributed by atoms with Crippen LogP contribution in [0, 0.1) is 0 Å². The van der Waals surface area contributed by atoms with Crippen molar-refractivity contribution in [2.75, 3.05) is 25.4 Å². The maximum absolute atomic E-state index is 5.90. The molecule has 2 aromatic carbocycles. The van der Waals surface area contributed by atoms with Crippen molar-refractivity contribution >= 4 is 30.5 Å². The standard InChI is InChI=1S/C20H27N3.2ClH/c1-17-10-11-22(15-19-8-5-9-20(21)14-19)12-13-23(17)16-18-6-3-2-4-7-18;;/h2-9,14,17H,10-13,15-16,21H2,1H3;2*1H. The molecule has 2 N–H and O–H groups in total. The van der Waals surface area contributed by atoms with E-state index in [-0.39, 0.29) is 24.8 Å². The molecule has 1 atom stereocenters. The molecular weight excluding hydrogens is 353 g/mol. The molecule has 1 saturated heterocycles. The highest BCUT2D eigenvalue weighted by Gasteiger charge is 2.20. The van der Waals surface area contributed by atoms with Crippen molar-refractivity contribution in [3.05, 3.63) is 65.7 Å². The maximum atomic E-state index is 5.90. The summed E-state index contributed by atoms with van der Waals surface area (Å²) in [5, 5.41) is 0. The molecule has 138 valence electrons. The minimum atomic E-state index is 0. The SMILES string of the molecule is CC1CCN(Cc2cccc(N)c2)CCN1Cc1ccccc1.Cl.Cl. The van der Waals surface area contributed by atoms with Gasteiger partial charge in [-0.05, 0) is 36.6 Å².